The molecule has 0 aromatic rings. The Bertz CT molecular complexity index is 277. The number of amides is 1. The number of piperidine rings is 1. The second-order valence-corrected chi connectivity index (χ2v) is 5.70. The van der Waals surface area contributed by atoms with Crippen molar-refractivity contribution in [1.29, 1.82) is 0 Å². The largest absolute Gasteiger partial charge is 0.393 e. The summed E-state index contributed by atoms with van der Waals surface area (Å²) >= 11 is 0. The first-order valence-electron chi connectivity index (χ1n) is 6.74. The maximum Gasteiger partial charge on any atom is 0.226 e. The maximum absolute atomic E-state index is 12.3. The Balaban J connectivity index is 1.81. The number of aliphatic hydroxyl groups is 1. The van der Waals surface area contributed by atoms with Crippen molar-refractivity contribution in [2.24, 2.45) is 11.8 Å². The molecule has 1 amide bonds. The molecule has 1 aliphatic heterocycles. The van der Waals surface area contributed by atoms with Crippen molar-refractivity contribution in [3.05, 3.63) is 0 Å². The zero-order valence-electron chi connectivity index (χ0n) is 10.9. The van der Waals surface area contributed by atoms with Crippen LogP contribution in [0.2, 0.25) is 0 Å². The van der Waals surface area contributed by atoms with Crippen molar-refractivity contribution in [2.75, 3.05) is 20.1 Å². The van der Waals surface area contributed by atoms with Gasteiger partial charge in [0.15, 0.2) is 0 Å². The van der Waals surface area contributed by atoms with Gasteiger partial charge in [-0.2, -0.15) is 0 Å². The Kier molecular flexibility index (Phi) is 4.05. The molecule has 0 bridgehead atoms. The summed E-state index contributed by atoms with van der Waals surface area (Å²) in [4.78, 5) is 14.2. The number of nitrogens with zero attached hydrogens (tertiary/aromatic N) is 1. The van der Waals surface area contributed by atoms with Gasteiger partial charge in [0.25, 0.3) is 0 Å². The molecule has 1 saturated carbocycles. The SMILES string of the molecule is CC1NCCCC1C(=O)N(C)CC1CC(O)C1. The van der Waals surface area contributed by atoms with E-state index >= 15 is 0 Å². The Morgan fingerprint density at radius 2 is 2.18 bits per heavy atom. The quantitative estimate of drug-likeness (QED) is 0.760. The first-order valence-corrected chi connectivity index (χ1v) is 6.74. The third kappa shape index (κ3) is 2.99. The minimum Gasteiger partial charge on any atom is -0.393 e. The van der Waals surface area contributed by atoms with Crippen LogP contribution < -0.4 is 5.32 Å². The summed E-state index contributed by atoms with van der Waals surface area (Å²) in [5.74, 6) is 0.913. The molecule has 2 unspecified atom stereocenters. The fourth-order valence-electron chi connectivity index (χ4n) is 2.99. The molecule has 4 nitrogen and oxygen atoms in total. The number of rotatable bonds is 3. The summed E-state index contributed by atoms with van der Waals surface area (Å²) in [5, 5.41) is 12.6. The van der Waals surface area contributed by atoms with Gasteiger partial charge in [-0.1, -0.05) is 0 Å². The smallest absolute Gasteiger partial charge is 0.226 e. The molecule has 0 spiro atoms. The zero-order chi connectivity index (χ0) is 12.4. The van der Waals surface area contributed by atoms with E-state index in [9.17, 15) is 9.90 Å². The van der Waals surface area contributed by atoms with Crippen molar-refractivity contribution >= 4 is 5.91 Å². The fourth-order valence-corrected chi connectivity index (χ4v) is 2.99. The first-order chi connectivity index (χ1) is 8.08. The van der Waals surface area contributed by atoms with Crippen LogP contribution in [0.1, 0.15) is 32.6 Å². The van der Waals surface area contributed by atoms with E-state index in [1.165, 1.54) is 0 Å². The average molecular weight is 240 g/mol. The Morgan fingerprint density at radius 1 is 1.47 bits per heavy atom. The lowest BCUT2D eigenvalue weighted by atomic mass is 9.82. The molecular formula is C13H24N2O2. The van der Waals surface area contributed by atoms with Crippen molar-refractivity contribution < 1.29 is 9.90 Å². The number of carbonyl (C=O) groups excluding carboxylic acids is 1. The van der Waals surface area contributed by atoms with E-state index in [4.69, 9.17) is 0 Å². The van der Waals surface area contributed by atoms with Gasteiger partial charge in [-0.15, -0.1) is 0 Å². The second-order valence-electron chi connectivity index (χ2n) is 5.70. The van der Waals surface area contributed by atoms with Crippen molar-refractivity contribution in [1.82, 2.24) is 10.2 Å². The lowest BCUT2D eigenvalue weighted by Gasteiger charge is -2.37. The van der Waals surface area contributed by atoms with Gasteiger partial charge >= 0.3 is 0 Å². The van der Waals surface area contributed by atoms with E-state index in [1.54, 1.807) is 0 Å². The normalized spacial score (nSPS) is 37.4. The minimum atomic E-state index is -0.126. The van der Waals surface area contributed by atoms with Crippen LogP contribution in [0.15, 0.2) is 0 Å². The monoisotopic (exact) mass is 240 g/mol. The van der Waals surface area contributed by atoms with E-state index < -0.39 is 0 Å². The maximum atomic E-state index is 12.3. The molecule has 0 aromatic carbocycles. The molecule has 1 aliphatic carbocycles. The molecule has 2 rings (SSSR count). The van der Waals surface area contributed by atoms with Crippen LogP contribution in [0, 0.1) is 11.8 Å². The Morgan fingerprint density at radius 3 is 2.76 bits per heavy atom. The number of nitrogens with one attached hydrogen (secondary N) is 1. The molecule has 0 radical (unpaired) electrons. The number of carbonyl (C=O) groups is 1. The van der Waals surface area contributed by atoms with Gasteiger partial charge in [0.2, 0.25) is 5.91 Å². The van der Waals surface area contributed by atoms with Gasteiger partial charge < -0.3 is 15.3 Å². The van der Waals surface area contributed by atoms with Crippen LogP contribution in [0.3, 0.4) is 0 Å². The molecule has 2 N–H and O–H groups in total. The van der Waals surface area contributed by atoms with Crippen LogP contribution in [0.5, 0.6) is 0 Å². The van der Waals surface area contributed by atoms with Gasteiger partial charge in [0.05, 0.1) is 12.0 Å². The Hall–Kier alpha value is -0.610. The molecule has 4 heteroatoms. The van der Waals surface area contributed by atoms with E-state index in [1.807, 2.05) is 11.9 Å². The molecule has 2 atom stereocenters. The van der Waals surface area contributed by atoms with Crippen LogP contribution in [-0.4, -0.2) is 48.2 Å². The van der Waals surface area contributed by atoms with Crippen LogP contribution >= 0.6 is 0 Å². The summed E-state index contributed by atoms with van der Waals surface area (Å²) in [6, 6.07) is 0.297. The molecule has 0 aromatic heterocycles. The predicted octanol–water partition coefficient (Wildman–Crippen LogP) is 0.604. The zero-order valence-corrected chi connectivity index (χ0v) is 10.9. The van der Waals surface area contributed by atoms with E-state index in [-0.39, 0.29) is 17.9 Å². The standard InChI is InChI=1S/C13H24N2O2/c1-9-12(4-3-5-14-9)13(17)15(2)8-10-6-11(16)7-10/h9-12,14,16H,3-8H2,1-2H3. The van der Waals surface area contributed by atoms with E-state index in [0.717, 1.165) is 38.8 Å². The van der Waals surface area contributed by atoms with Gasteiger partial charge in [-0.3, -0.25) is 4.79 Å². The van der Waals surface area contributed by atoms with Crippen molar-refractivity contribution in [3.63, 3.8) is 0 Å². The van der Waals surface area contributed by atoms with E-state index in [0.29, 0.717) is 12.0 Å². The predicted molar refractivity (Wildman–Crippen MR) is 66.6 cm³/mol. The van der Waals surface area contributed by atoms with Crippen molar-refractivity contribution in [3.8, 4) is 0 Å². The highest BCUT2D eigenvalue weighted by Crippen LogP contribution is 2.28. The summed E-state index contributed by atoms with van der Waals surface area (Å²) in [6.45, 7) is 3.94. The minimum absolute atomic E-state index is 0.126. The van der Waals surface area contributed by atoms with Crippen LogP contribution in [0.25, 0.3) is 0 Å². The molecule has 1 saturated heterocycles. The Labute approximate surface area is 103 Å². The molecule has 2 aliphatic rings. The third-order valence-electron chi connectivity index (χ3n) is 4.20. The lowest BCUT2D eigenvalue weighted by molar-refractivity contribution is -0.137. The average Bonchev–Trinajstić information content (AvgIpc) is 2.26. The molecule has 1 heterocycles. The number of hydrogen-bond donors (Lipinski definition) is 2. The van der Waals surface area contributed by atoms with E-state index in [2.05, 4.69) is 12.2 Å². The lowest BCUT2D eigenvalue weighted by Crippen LogP contribution is -2.49. The summed E-state index contributed by atoms with van der Waals surface area (Å²) in [6.07, 6.45) is 3.69. The molecule has 2 fully saturated rings. The number of aliphatic hydroxyl groups excluding tert-OH is 1. The first kappa shape index (κ1) is 12.8. The summed E-state index contributed by atoms with van der Waals surface area (Å²) in [7, 11) is 1.90. The summed E-state index contributed by atoms with van der Waals surface area (Å²) in [5.41, 5.74) is 0. The van der Waals surface area contributed by atoms with Crippen LogP contribution in [0.4, 0.5) is 0 Å². The fraction of sp³-hybridized carbons (Fsp3) is 0.923. The highest BCUT2D eigenvalue weighted by Gasteiger charge is 2.33. The van der Waals surface area contributed by atoms with Gasteiger partial charge in [-0.25, -0.2) is 0 Å². The summed E-state index contributed by atoms with van der Waals surface area (Å²) < 4.78 is 0. The molecule has 17 heavy (non-hydrogen) atoms. The number of hydrogen-bond acceptors (Lipinski definition) is 3. The third-order valence-corrected chi connectivity index (χ3v) is 4.20. The molecular weight excluding hydrogens is 216 g/mol. The highest BCUT2D eigenvalue weighted by atomic mass is 16.3. The molecule has 98 valence electrons. The highest BCUT2D eigenvalue weighted by molar-refractivity contribution is 5.79. The van der Waals surface area contributed by atoms with Gasteiger partial charge in [0, 0.05) is 19.6 Å². The second kappa shape index (κ2) is 5.36. The van der Waals surface area contributed by atoms with Gasteiger partial charge in [-0.05, 0) is 45.1 Å². The van der Waals surface area contributed by atoms with Crippen LogP contribution in [-0.2, 0) is 4.79 Å². The topological polar surface area (TPSA) is 52.6 Å². The van der Waals surface area contributed by atoms with Crippen molar-refractivity contribution in [2.45, 2.75) is 44.8 Å². The van der Waals surface area contributed by atoms with Gasteiger partial charge in [0.1, 0.15) is 0 Å².